The minimum absolute atomic E-state index is 0.156. The molecule has 0 saturated carbocycles. The molecule has 2 heterocycles. The third-order valence-electron chi connectivity index (χ3n) is 5.67. The molecule has 1 amide bonds. The quantitative estimate of drug-likeness (QED) is 0.214. The largest absolute Gasteiger partial charge is 0.465 e. The molecule has 0 atom stereocenters. The first kappa shape index (κ1) is 23.9. The summed E-state index contributed by atoms with van der Waals surface area (Å²) in [6, 6.07) is 14.2. The summed E-state index contributed by atoms with van der Waals surface area (Å²) in [4.78, 5) is 34.1. The van der Waals surface area contributed by atoms with Gasteiger partial charge in [-0.3, -0.25) is 4.79 Å². The van der Waals surface area contributed by atoms with Crippen LogP contribution < -0.4 is 11.1 Å². The van der Waals surface area contributed by atoms with Gasteiger partial charge in [0.05, 0.1) is 29.9 Å². The molecule has 35 heavy (non-hydrogen) atoms. The number of para-hydroxylation sites is 2. The standard InChI is InChI=1S/C26H28N6O3/c1-3-4-5-8-15-28-25(33)21-22-24(31-20-10-7-6-9-19(20)30-22)32(23(21)27)29-16-17-11-13-18(14-12-17)26(34)35-2/h6-7,9-14,16H,3-5,8,15,27H2,1-2H3,(H,28,33)/b29-16-. The number of nitrogens with two attached hydrogens (primary N) is 1. The number of esters is 1. The summed E-state index contributed by atoms with van der Waals surface area (Å²) in [5.74, 6) is -0.560. The maximum absolute atomic E-state index is 13.1. The van der Waals surface area contributed by atoms with E-state index in [0.717, 1.165) is 31.2 Å². The maximum atomic E-state index is 13.1. The molecule has 9 heteroatoms. The summed E-state index contributed by atoms with van der Waals surface area (Å²) >= 11 is 0. The second kappa shape index (κ2) is 10.8. The molecule has 0 radical (unpaired) electrons. The lowest BCUT2D eigenvalue weighted by molar-refractivity contribution is 0.0600. The molecular formula is C26H28N6O3. The van der Waals surface area contributed by atoms with Crippen LogP contribution in [0.4, 0.5) is 5.82 Å². The Bertz CT molecular complexity index is 1390. The van der Waals surface area contributed by atoms with Gasteiger partial charge in [-0.2, -0.15) is 9.78 Å². The summed E-state index contributed by atoms with van der Waals surface area (Å²) in [6.07, 6.45) is 5.79. The average molecular weight is 473 g/mol. The fraction of sp³-hybridized carbons (Fsp3) is 0.269. The van der Waals surface area contributed by atoms with Gasteiger partial charge < -0.3 is 15.8 Å². The van der Waals surface area contributed by atoms with Gasteiger partial charge >= 0.3 is 5.97 Å². The van der Waals surface area contributed by atoms with E-state index in [1.807, 2.05) is 24.3 Å². The Morgan fingerprint density at radius 2 is 1.77 bits per heavy atom. The van der Waals surface area contributed by atoms with Crippen molar-refractivity contribution >= 4 is 46.1 Å². The van der Waals surface area contributed by atoms with Crippen LogP contribution in [-0.4, -0.2) is 46.4 Å². The van der Waals surface area contributed by atoms with Crippen LogP contribution in [0.3, 0.4) is 0 Å². The van der Waals surface area contributed by atoms with Gasteiger partial charge in [0.15, 0.2) is 5.65 Å². The lowest BCUT2D eigenvalue weighted by Gasteiger charge is -2.05. The van der Waals surface area contributed by atoms with Crippen molar-refractivity contribution in [3.05, 3.63) is 65.2 Å². The Hall–Kier alpha value is -4.27. The maximum Gasteiger partial charge on any atom is 0.337 e. The molecular weight excluding hydrogens is 444 g/mol. The Balaban J connectivity index is 1.71. The number of nitrogens with one attached hydrogen (secondary N) is 1. The van der Waals surface area contributed by atoms with Crippen LogP contribution >= 0.6 is 0 Å². The molecule has 2 aromatic heterocycles. The minimum Gasteiger partial charge on any atom is -0.465 e. The first-order chi connectivity index (χ1) is 17.0. The summed E-state index contributed by atoms with van der Waals surface area (Å²) in [6.45, 7) is 2.70. The number of unbranched alkanes of at least 4 members (excludes halogenated alkanes) is 3. The highest BCUT2D eigenvalue weighted by Crippen LogP contribution is 2.27. The zero-order valence-corrected chi connectivity index (χ0v) is 19.8. The van der Waals surface area contributed by atoms with Crippen LogP contribution in [0.5, 0.6) is 0 Å². The Labute approximate surface area is 203 Å². The fourth-order valence-electron chi connectivity index (χ4n) is 3.78. The number of nitrogens with zero attached hydrogens (tertiary/aromatic N) is 4. The topological polar surface area (TPSA) is 124 Å². The number of hydrogen-bond donors (Lipinski definition) is 2. The van der Waals surface area contributed by atoms with Crippen LogP contribution in [0.15, 0.2) is 53.6 Å². The van der Waals surface area contributed by atoms with Crippen molar-refractivity contribution in [1.29, 1.82) is 0 Å². The Morgan fingerprint density at radius 3 is 2.46 bits per heavy atom. The minimum atomic E-state index is -0.415. The van der Waals surface area contributed by atoms with Crippen LogP contribution in [0.2, 0.25) is 0 Å². The lowest BCUT2D eigenvalue weighted by Crippen LogP contribution is -2.25. The van der Waals surface area contributed by atoms with E-state index in [0.29, 0.717) is 34.3 Å². The molecule has 3 N–H and O–H groups in total. The number of fused-ring (bicyclic) bond motifs is 2. The molecule has 0 aliphatic rings. The molecule has 9 nitrogen and oxygen atoms in total. The highest BCUT2D eigenvalue weighted by atomic mass is 16.5. The van der Waals surface area contributed by atoms with E-state index >= 15 is 0 Å². The molecule has 0 unspecified atom stereocenters. The summed E-state index contributed by atoms with van der Waals surface area (Å²) in [7, 11) is 1.33. The van der Waals surface area contributed by atoms with Gasteiger partial charge in [-0.05, 0) is 36.2 Å². The molecule has 0 saturated heterocycles. The molecule has 2 aromatic carbocycles. The lowest BCUT2D eigenvalue weighted by atomic mass is 10.1. The second-order valence-electron chi connectivity index (χ2n) is 8.13. The first-order valence-electron chi connectivity index (χ1n) is 11.6. The van der Waals surface area contributed by atoms with Gasteiger partial charge in [0.2, 0.25) is 0 Å². The monoisotopic (exact) mass is 472 g/mol. The number of amides is 1. The van der Waals surface area contributed by atoms with Crippen molar-refractivity contribution in [2.45, 2.75) is 32.6 Å². The number of methoxy groups -OCH3 is 1. The van der Waals surface area contributed by atoms with Crippen LogP contribution in [-0.2, 0) is 4.74 Å². The highest BCUT2D eigenvalue weighted by molar-refractivity contribution is 6.10. The normalized spacial score (nSPS) is 11.4. The van der Waals surface area contributed by atoms with Crippen molar-refractivity contribution in [2.24, 2.45) is 5.10 Å². The third-order valence-corrected chi connectivity index (χ3v) is 5.67. The van der Waals surface area contributed by atoms with Crippen molar-refractivity contribution in [1.82, 2.24) is 20.0 Å². The van der Waals surface area contributed by atoms with Crippen molar-refractivity contribution in [2.75, 3.05) is 19.4 Å². The van der Waals surface area contributed by atoms with E-state index in [-0.39, 0.29) is 17.3 Å². The molecule has 0 fully saturated rings. The van der Waals surface area contributed by atoms with Gasteiger partial charge in [-0.1, -0.05) is 50.5 Å². The van der Waals surface area contributed by atoms with Crippen LogP contribution in [0.1, 0.15) is 58.9 Å². The third kappa shape index (κ3) is 5.13. The van der Waals surface area contributed by atoms with Crippen LogP contribution in [0, 0.1) is 0 Å². The SMILES string of the molecule is CCCCCCNC(=O)c1c(N)n(/N=C\c2ccc(C(=O)OC)cc2)c2nc3ccccc3nc12. The number of carbonyl (C=O) groups excluding carboxylic acids is 2. The van der Waals surface area contributed by atoms with Crippen molar-refractivity contribution in [3.63, 3.8) is 0 Å². The average Bonchev–Trinajstić information content (AvgIpc) is 3.15. The Morgan fingerprint density at radius 1 is 1.06 bits per heavy atom. The zero-order valence-electron chi connectivity index (χ0n) is 19.8. The number of nitrogen functional groups attached to an aromatic ring is 1. The van der Waals surface area contributed by atoms with E-state index in [9.17, 15) is 9.59 Å². The molecule has 4 rings (SSSR count). The predicted octanol–water partition coefficient (Wildman–Crippen LogP) is 4.15. The van der Waals surface area contributed by atoms with E-state index in [4.69, 9.17) is 10.5 Å². The molecule has 180 valence electrons. The van der Waals surface area contributed by atoms with E-state index in [1.54, 1.807) is 30.5 Å². The number of rotatable bonds is 9. The molecule has 4 aromatic rings. The van der Waals surface area contributed by atoms with Gasteiger partial charge in [0, 0.05) is 6.54 Å². The highest BCUT2D eigenvalue weighted by Gasteiger charge is 2.23. The molecule has 0 spiro atoms. The molecule has 0 aliphatic carbocycles. The number of carbonyl (C=O) groups is 2. The predicted molar refractivity (Wildman–Crippen MR) is 137 cm³/mol. The number of hydrogen-bond acceptors (Lipinski definition) is 7. The number of anilines is 1. The van der Waals surface area contributed by atoms with Crippen LogP contribution in [0.25, 0.3) is 22.2 Å². The van der Waals surface area contributed by atoms with Gasteiger partial charge in [0.1, 0.15) is 16.9 Å². The number of aromatic nitrogens is 3. The zero-order chi connectivity index (χ0) is 24.8. The fourth-order valence-corrected chi connectivity index (χ4v) is 3.78. The van der Waals surface area contributed by atoms with Gasteiger partial charge in [0.25, 0.3) is 5.91 Å². The second-order valence-corrected chi connectivity index (χ2v) is 8.13. The van der Waals surface area contributed by atoms with Crippen molar-refractivity contribution < 1.29 is 14.3 Å². The smallest absolute Gasteiger partial charge is 0.337 e. The van der Waals surface area contributed by atoms with Gasteiger partial charge in [-0.15, -0.1) is 0 Å². The van der Waals surface area contributed by atoms with Crippen molar-refractivity contribution in [3.8, 4) is 0 Å². The summed E-state index contributed by atoms with van der Waals surface area (Å²) in [5.41, 5.74) is 9.96. The molecule has 0 bridgehead atoms. The van der Waals surface area contributed by atoms with Gasteiger partial charge in [-0.25, -0.2) is 14.8 Å². The summed E-state index contributed by atoms with van der Waals surface area (Å²) in [5, 5.41) is 7.45. The summed E-state index contributed by atoms with van der Waals surface area (Å²) < 4.78 is 6.16. The number of benzene rings is 2. The first-order valence-corrected chi connectivity index (χ1v) is 11.6. The Kier molecular flexibility index (Phi) is 7.35. The van der Waals surface area contributed by atoms with E-state index in [1.165, 1.54) is 11.8 Å². The number of ether oxygens (including phenoxy) is 1. The van der Waals surface area contributed by atoms with E-state index < -0.39 is 5.97 Å². The molecule has 0 aliphatic heterocycles. The van der Waals surface area contributed by atoms with E-state index in [2.05, 4.69) is 27.3 Å².